The van der Waals surface area contributed by atoms with Crippen LogP contribution in [0.3, 0.4) is 0 Å². The van der Waals surface area contributed by atoms with Crippen LogP contribution in [-0.2, 0) is 0 Å². The number of hydrogen-bond donors (Lipinski definition) is 0. The molecule has 0 fully saturated rings. The lowest BCUT2D eigenvalue weighted by Gasteiger charge is -2.32. The summed E-state index contributed by atoms with van der Waals surface area (Å²) in [5.41, 5.74) is 0. The van der Waals surface area contributed by atoms with E-state index in [1.807, 2.05) is 0 Å². The minimum absolute atomic E-state index is 0.429. The number of hydrazine groups is 1. The fourth-order valence-corrected chi connectivity index (χ4v) is 2.27. The Hall–Kier alpha value is -1.06. The number of hydrogen-bond acceptors (Lipinski definition) is 4. The zero-order chi connectivity index (χ0) is 10.8. The van der Waals surface area contributed by atoms with Crippen molar-refractivity contribution < 1.29 is 0 Å². The molecule has 4 heteroatoms. The largest absolute Gasteiger partial charge is 0.269 e. The summed E-state index contributed by atoms with van der Waals surface area (Å²) >= 11 is 0. The second-order valence-electron chi connectivity index (χ2n) is 4.10. The first-order valence-electron chi connectivity index (χ1n) is 5.91. The molecule has 1 atom stereocenters. The minimum atomic E-state index is 0.429. The van der Waals surface area contributed by atoms with Gasteiger partial charge in [0, 0.05) is 12.8 Å². The minimum Gasteiger partial charge on any atom is -0.269 e. The van der Waals surface area contributed by atoms with E-state index in [0.29, 0.717) is 6.04 Å². The molecule has 1 unspecified atom stereocenters. The van der Waals surface area contributed by atoms with Crippen LogP contribution in [0.2, 0.25) is 0 Å². The van der Waals surface area contributed by atoms with E-state index in [-0.39, 0.29) is 0 Å². The van der Waals surface area contributed by atoms with Gasteiger partial charge in [-0.1, -0.05) is 13.8 Å². The lowest BCUT2D eigenvalue weighted by molar-refractivity contribution is 0.150. The van der Waals surface area contributed by atoms with Crippen LogP contribution in [0.15, 0.2) is 9.98 Å². The Morgan fingerprint density at radius 3 is 2.60 bits per heavy atom. The topological polar surface area (TPSA) is 31.2 Å². The van der Waals surface area contributed by atoms with E-state index in [0.717, 1.165) is 32.5 Å². The Bertz CT molecular complexity index is 295. The van der Waals surface area contributed by atoms with Crippen molar-refractivity contribution in [2.45, 2.75) is 39.7 Å². The van der Waals surface area contributed by atoms with Crippen LogP contribution < -0.4 is 0 Å². The van der Waals surface area contributed by atoms with Crippen LogP contribution in [-0.4, -0.2) is 47.4 Å². The first-order valence-corrected chi connectivity index (χ1v) is 5.91. The summed E-state index contributed by atoms with van der Waals surface area (Å²) in [7, 11) is 0. The molecule has 2 aliphatic heterocycles. The highest BCUT2D eigenvalue weighted by molar-refractivity contribution is 5.89. The molecule has 4 nitrogen and oxygen atoms in total. The van der Waals surface area contributed by atoms with Crippen LogP contribution in [0.4, 0.5) is 0 Å². The third kappa shape index (κ3) is 1.85. The fraction of sp³-hybridized carbons (Fsp3) is 0.818. The number of rotatable bonds is 3. The van der Waals surface area contributed by atoms with Crippen LogP contribution >= 0.6 is 0 Å². The molecule has 0 aromatic carbocycles. The summed E-state index contributed by atoms with van der Waals surface area (Å²) in [6, 6.07) is 0.429. The van der Waals surface area contributed by atoms with Crippen LogP contribution in [0.1, 0.15) is 33.6 Å². The van der Waals surface area contributed by atoms with E-state index in [2.05, 4.69) is 40.8 Å². The fourth-order valence-electron chi connectivity index (χ4n) is 2.27. The van der Waals surface area contributed by atoms with E-state index in [1.165, 1.54) is 11.7 Å². The Kier molecular flexibility index (Phi) is 2.93. The average molecular weight is 208 g/mol. The van der Waals surface area contributed by atoms with Crippen molar-refractivity contribution in [2.24, 2.45) is 9.98 Å². The summed E-state index contributed by atoms with van der Waals surface area (Å²) in [5.74, 6) is 2.43. The van der Waals surface area contributed by atoms with Crippen molar-refractivity contribution in [3.8, 4) is 0 Å². The standard InChI is InChI=1S/C11H20N4/c1-4-10-12-6-7-14(10)15-8-9(3)13-11(15)5-2/h9H,4-8H2,1-3H3. The zero-order valence-electron chi connectivity index (χ0n) is 9.90. The highest BCUT2D eigenvalue weighted by Crippen LogP contribution is 2.17. The van der Waals surface area contributed by atoms with E-state index in [9.17, 15) is 0 Å². The summed E-state index contributed by atoms with van der Waals surface area (Å²) in [6.45, 7) is 9.48. The predicted molar refractivity (Wildman–Crippen MR) is 63.2 cm³/mol. The van der Waals surface area contributed by atoms with Gasteiger partial charge in [0.1, 0.15) is 11.7 Å². The molecule has 2 aliphatic rings. The molecule has 0 aromatic heterocycles. The second kappa shape index (κ2) is 4.21. The SMILES string of the molecule is CCC1=NCCN1N1CC(C)N=C1CC. The molecule has 0 aromatic rings. The van der Waals surface area contributed by atoms with Crippen molar-refractivity contribution in [1.29, 1.82) is 0 Å². The Morgan fingerprint density at radius 2 is 1.93 bits per heavy atom. The maximum atomic E-state index is 4.65. The summed E-state index contributed by atoms with van der Waals surface area (Å²) in [4.78, 5) is 9.17. The highest BCUT2D eigenvalue weighted by Gasteiger charge is 2.29. The van der Waals surface area contributed by atoms with Gasteiger partial charge < -0.3 is 0 Å². The Morgan fingerprint density at radius 1 is 1.20 bits per heavy atom. The highest BCUT2D eigenvalue weighted by atomic mass is 15.7. The van der Waals surface area contributed by atoms with Gasteiger partial charge in [-0.3, -0.25) is 20.0 Å². The third-order valence-corrected chi connectivity index (χ3v) is 2.93. The lowest BCUT2D eigenvalue weighted by atomic mass is 10.3. The zero-order valence-corrected chi connectivity index (χ0v) is 9.90. The maximum absolute atomic E-state index is 4.65. The van der Waals surface area contributed by atoms with Crippen LogP contribution in [0, 0.1) is 0 Å². The molecule has 0 aliphatic carbocycles. The molecule has 0 spiro atoms. The molecule has 2 heterocycles. The average Bonchev–Trinajstić information content (AvgIpc) is 2.82. The molecular weight excluding hydrogens is 188 g/mol. The molecule has 0 saturated carbocycles. The third-order valence-electron chi connectivity index (χ3n) is 2.93. The Labute approximate surface area is 91.7 Å². The summed E-state index contributed by atoms with van der Waals surface area (Å²) in [5, 5.41) is 4.63. The van der Waals surface area contributed by atoms with E-state index < -0.39 is 0 Å². The van der Waals surface area contributed by atoms with E-state index >= 15 is 0 Å². The van der Waals surface area contributed by atoms with Crippen molar-refractivity contribution in [2.75, 3.05) is 19.6 Å². The van der Waals surface area contributed by atoms with Gasteiger partial charge in [0.15, 0.2) is 0 Å². The first-order chi connectivity index (χ1) is 7.26. The van der Waals surface area contributed by atoms with Crippen molar-refractivity contribution in [1.82, 2.24) is 10.0 Å². The van der Waals surface area contributed by atoms with Crippen molar-refractivity contribution in [3.63, 3.8) is 0 Å². The van der Waals surface area contributed by atoms with E-state index in [1.54, 1.807) is 0 Å². The molecule has 0 amide bonds. The number of nitrogens with zero attached hydrogens (tertiary/aromatic N) is 4. The van der Waals surface area contributed by atoms with Gasteiger partial charge in [-0.2, -0.15) is 0 Å². The predicted octanol–water partition coefficient (Wildman–Crippen LogP) is 1.54. The van der Waals surface area contributed by atoms with Gasteiger partial charge in [-0.15, -0.1) is 0 Å². The van der Waals surface area contributed by atoms with Gasteiger partial charge in [-0.25, -0.2) is 0 Å². The van der Waals surface area contributed by atoms with Crippen LogP contribution in [0.5, 0.6) is 0 Å². The molecular formula is C11H20N4. The monoisotopic (exact) mass is 208 g/mol. The molecule has 2 rings (SSSR count). The second-order valence-corrected chi connectivity index (χ2v) is 4.10. The molecule has 0 bridgehead atoms. The van der Waals surface area contributed by atoms with Crippen molar-refractivity contribution >= 4 is 11.7 Å². The summed E-state index contributed by atoms with van der Waals surface area (Å²) < 4.78 is 0. The lowest BCUT2D eigenvalue weighted by Crippen LogP contribution is -2.47. The quantitative estimate of drug-likeness (QED) is 0.704. The van der Waals surface area contributed by atoms with Gasteiger partial charge in [0.2, 0.25) is 0 Å². The van der Waals surface area contributed by atoms with E-state index in [4.69, 9.17) is 0 Å². The molecule has 0 saturated heterocycles. The summed E-state index contributed by atoms with van der Waals surface area (Å²) in [6.07, 6.45) is 2.03. The number of amidine groups is 2. The smallest absolute Gasteiger partial charge is 0.118 e. The van der Waals surface area contributed by atoms with Crippen LogP contribution in [0.25, 0.3) is 0 Å². The normalized spacial score (nSPS) is 25.9. The van der Waals surface area contributed by atoms with Gasteiger partial charge in [-0.05, 0) is 6.92 Å². The van der Waals surface area contributed by atoms with Gasteiger partial charge in [0.25, 0.3) is 0 Å². The van der Waals surface area contributed by atoms with Gasteiger partial charge >= 0.3 is 0 Å². The van der Waals surface area contributed by atoms with Crippen molar-refractivity contribution in [3.05, 3.63) is 0 Å². The molecule has 84 valence electrons. The Balaban J connectivity index is 2.12. The molecule has 15 heavy (non-hydrogen) atoms. The molecule has 0 radical (unpaired) electrons. The number of aliphatic imine (C=N–C) groups is 2. The first kappa shape index (κ1) is 10.5. The maximum Gasteiger partial charge on any atom is 0.118 e. The molecule has 0 N–H and O–H groups in total. The van der Waals surface area contributed by atoms with Gasteiger partial charge in [0.05, 0.1) is 25.7 Å².